The molecule has 0 bridgehead atoms. The van der Waals surface area contributed by atoms with Crippen molar-refractivity contribution in [2.75, 3.05) is 12.3 Å². The van der Waals surface area contributed by atoms with E-state index in [2.05, 4.69) is 15.0 Å². The molecule has 2 aromatic heterocycles. The van der Waals surface area contributed by atoms with Gasteiger partial charge in [-0.1, -0.05) is 0 Å². The predicted molar refractivity (Wildman–Crippen MR) is 80.4 cm³/mol. The van der Waals surface area contributed by atoms with E-state index in [0.717, 1.165) is 0 Å². The van der Waals surface area contributed by atoms with Crippen molar-refractivity contribution in [3.05, 3.63) is 12.7 Å². The van der Waals surface area contributed by atoms with Crippen LogP contribution < -0.4 is 5.73 Å². The van der Waals surface area contributed by atoms with E-state index < -0.39 is 30.4 Å². The summed E-state index contributed by atoms with van der Waals surface area (Å²) in [6, 6.07) is 0. The van der Waals surface area contributed by atoms with Crippen molar-refractivity contribution in [1.82, 2.24) is 19.5 Å². The van der Waals surface area contributed by atoms with Crippen LogP contribution in [0.5, 0.6) is 0 Å². The van der Waals surface area contributed by atoms with Crippen molar-refractivity contribution in [3.8, 4) is 0 Å². The number of nitrogens with two attached hydrogens (primary N) is 1. The number of anilines is 1. The van der Waals surface area contributed by atoms with Gasteiger partial charge in [0.1, 0.15) is 36.9 Å². The fourth-order valence-electron chi connectivity index (χ4n) is 2.64. The molecule has 0 radical (unpaired) electrons. The van der Waals surface area contributed by atoms with Gasteiger partial charge in [-0.25, -0.2) is 15.0 Å². The van der Waals surface area contributed by atoms with Gasteiger partial charge >= 0.3 is 11.9 Å². The Bertz CT molecular complexity index is 776. The van der Waals surface area contributed by atoms with E-state index in [1.165, 1.54) is 20.2 Å². The number of rotatable bonds is 4. The Kier molecular flexibility index (Phi) is 4.30. The summed E-state index contributed by atoms with van der Waals surface area (Å²) in [6.45, 7) is 2.61. The minimum atomic E-state index is -0.570. The van der Waals surface area contributed by atoms with Gasteiger partial charge in [0, 0.05) is 20.3 Å². The van der Waals surface area contributed by atoms with Gasteiger partial charge in [-0.15, -0.1) is 0 Å². The normalized spacial score (nSPS) is 23.3. The molecular weight excluding hydrogens is 318 g/mol. The Morgan fingerprint density at radius 2 is 2.12 bits per heavy atom. The molecule has 1 saturated heterocycles. The summed E-state index contributed by atoms with van der Waals surface area (Å²) in [7, 11) is 0. The topological polar surface area (TPSA) is 131 Å². The Balaban J connectivity index is 1.84. The summed E-state index contributed by atoms with van der Waals surface area (Å²) in [4.78, 5) is 34.6. The average molecular weight is 335 g/mol. The molecule has 0 saturated carbocycles. The third-order valence-electron chi connectivity index (χ3n) is 3.65. The third-order valence-corrected chi connectivity index (χ3v) is 3.65. The van der Waals surface area contributed by atoms with Crippen LogP contribution in [0.2, 0.25) is 0 Å². The summed E-state index contributed by atoms with van der Waals surface area (Å²) in [5, 5.41) is 0. The zero-order valence-corrected chi connectivity index (χ0v) is 13.2. The molecule has 0 spiro atoms. The molecule has 0 amide bonds. The zero-order chi connectivity index (χ0) is 17.3. The highest BCUT2D eigenvalue weighted by atomic mass is 16.6. The van der Waals surface area contributed by atoms with E-state index in [9.17, 15) is 9.59 Å². The summed E-state index contributed by atoms with van der Waals surface area (Å²) in [6.07, 6.45) is 1.67. The lowest BCUT2D eigenvalue weighted by Crippen LogP contribution is -2.31. The highest BCUT2D eigenvalue weighted by molar-refractivity contribution is 5.81. The number of ether oxygens (including phenoxy) is 3. The van der Waals surface area contributed by atoms with Crippen LogP contribution in [0, 0.1) is 0 Å². The predicted octanol–water partition coefficient (Wildman–Crippen LogP) is 0.191. The standard InChI is InChI=1S/C14H17N5O5/c1-7(20)22-4-10-9(23-8(2)21)3-11(24-10)19-6-18-12-13(15)16-5-17-14(12)19/h5-6,9-11H,3-4H2,1-2H3,(H2,15,16,17). The molecule has 2 N–H and O–H groups in total. The number of aromatic nitrogens is 4. The quantitative estimate of drug-likeness (QED) is 0.777. The molecule has 3 rings (SSSR count). The summed E-state index contributed by atoms with van der Waals surface area (Å²) in [5.74, 6) is -0.596. The molecule has 3 atom stereocenters. The molecule has 128 valence electrons. The van der Waals surface area contributed by atoms with Crippen LogP contribution >= 0.6 is 0 Å². The molecule has 0 aliphatic carbocycles. The maximum Gasteiger partial charge on any atom is 0.303 e. The van der Waals surface area contributed by atoms with Gasteiger partial charge < -0.3 is 19.9 Å². The van der Waals surface area contributed by atoms with Gasteiger partial charge in [-0.3, -0.25) is 14.2 Å². The number of hydrogen-bond donors (Lipinski definition) is 1. The number of nitrogens with zero attached hydrogens (tertiary/aromatic N) is 4. The van der Waals surface area contributed by atoms with Crippen molar-refractivity contribution < 1.29 is 23.8 Å². The van der Waals surface area contributed by atoms with Gasteiger partial charge in [-0.2, -0.15) is 0 Å². The van der Waals surface area contributed by atoms with Crippen molar-refractivity contribution in [2.45, 2.75) is 38.7 Å². The maximum absolute atomic E-state index is 11.3. The van der Waals surface area contributed by atoms with Crippen molar-refractivity contribution in [2.24, 2.45) is 0 Å². The number of hydrogen-bond acceptors (Lipinski definition) is 9. The van der Waals surface area contributed by atoms with Crippen molar-refractivity contribution >= 4 is 28.9 Å². The van der Waals surface area contributed by atoms with Gasteiger partial charge in [0.05, 0.1) is 6.33 Å². The molecule has 2 aromatic rings. The first-order chi connectivity index (χ1) is 11.5. The van der Waals surface area contributed by atoms with Crippen LogP contribution in [0.1, 0.15) is 26.5 Å². The largest absolute Gasteiger partial charge is 0.463 e. The SMILES string of the molecule is CC(=O)OCC1OC(n2cnc3c(N)ncnc32)CC1OC(C)=O. The van der Waals surface area contributed by atoms with Gasteiger partial charge in [0.25, 0.3) is 0 Å². The van der Waals surface area contributed by atoms with Gasteiger partial charge in [0.15, 0.2) is 11.5 Å². The highest BCUT2D eigenvalue weighted by Gasteiger charge is 2.39. The van der Waals surface area contributed by atoms with Crippen molar-refractivity contribution in [1.29, 1.82) is 0 Å². The van der Waals surface area contributed by atoms with Crippen LogP contribution in [0.4, 0.5) is 5.82 Å². The van der Waals surface area contributed by atoms with E-state index in [-0.39, 0.29) is 12.4 Å². The molecule has 1 aliphatic rings. The van der Waals surface area contributed by atoms with Gasteiger partial charge in [0.2, 0.25) is 0 Å². The summed E-state index contributed by atoms with van der Waals surface area (Å²) in [5.41, 5.74) is 6.76. The van der Waals surface area contributed by atoms with Crippen LogP contribution in [0.3, 0.4) is 0 Å². The number of esters is 2. The second kappa shape index (κ2) is 6.40. The van der Waals surface area contributed by atoms with E-state index in [0.29, 0.717) is 17.6 Å². The first-order valence-electron chi connectivity index (χ1n) is 7.34. The van der Waals surface area contributed by atoms with E-state index in [1.54, 1.807) is 10.9 Å². The first-order valence-corrected chi connectivity index (χ1v) is 7.34. The highest BCUT2D eigenvalue weighted by Crippen LogP contribution is 2.33. The minimum Gasteiger partial charge on any atom is -0.463 e. The van der Waals surface area contributed by atoms with Crippen molar-refractivity contribution in [3.63, 3.8) is 0 Å². The second-order valence-corrected chi connectivity index (χ2v) is 5.40. The van der Waals surface area contributed by atoms with E-state index in [1.807, 2.05) is 0 Å². The molecule has 3 heterocycles. The smallest absolute Gasteiger partial charge is 0.303 e. The Labute approximate surface area is 136 Å². The average Bonchev–Trinajstić information content (AvgIpc) is 3.09. The molecule has 10 nitrogen and oxygen atoms in total. The lowest BCUT2D eigenvalue weighted by molar-refractivity contribution is -0.155. The van der Waals surface area contributed by atoms with E-state index >= 15 is 0 Å². The monoisotopic (exact) mass is 335 g/mol. The Hall–Kier alpha value is -2.75. The molecule has 1 aliphatic heterocycles. The second-order valence-electron chi connectivity index (χ2n) is 5.40. The molecule has 24 heavy (non-hydrogen) atoms. The Morgan fingerprint density at radius 3 is 2.83 bits per heavy atom. The fraction of sp³-hybridized carbons (Fsp3) is 0.500. The molecule has 0 aromatic carbocycles. The fourth-order valence-corrected chi connectivity index (χ4v) is 2.64. The van der Waals surface area contributed by atoms with E-state index in [4.69, 9.17) is 19.9 Å². The molecular formula is C14H17N5O5. The first kappa shape index (κ1) is 16.1. The number of fused-ring (bicyclic) bond motifs is 1. The Morgan fingerprint density at radius 1 is 1.33 bits per heavy atom. The number of carbonyl (C=O) groups excluding carboxylic acids is 2. The number of carbonyl (C=O) groups is 2. The lowest BCUT2D eigenvalue weighted by Gasteiger charge is -2.17. The van der Waals surface area contributed by atoms with Gasteiger partial charge in [-0.05, 0) is 0 Å². The summed E-state index contributed by atoms with van der Waals surface area (Å²) < 4.78 is 17.8. The molecule has 10 heteroatoms. The zero-order valence-electron chi connectivity index (χ0n) is 13.2. The molecule has 1 fully saturated rings. The minimum absolute atomic E-state index is 0.00642. The number of nitrogen functional groups attached to an aromatic ring is 1. The number of imidazole rings is 1. The van der Waals surface area contributed by atoms with Crippen LogP contribution in [-0.2, 0) is 23.8 Å². The maximum atomic E-state index is 11.3. The van der Waals surface area contributed by atoms with Crippen LogP contribution in [0.25, 0.3) is 11.2 Å². The lowest BCUT2D eigenvalue weighted by atomic mass is 10.2. The molecule has 3 unspecified atom stereocenters. The third kappa shape index (κ3) is 3.13. The van der Waals surface area contributed by atoms with Crippen LogP contribution in [0.15, 0.2) is 12.7 Å². The summed E-state index contributed by atoms with van der Waals surface area (Å²) >= 11 is 0. The van der Waals surface area contributed by atoms with Crippen LogP contribution in [-0.4, -0.2) is 50.3 Å².